The van der Waals surface area contributed by atoms with E-state index in [-0.39, 0.29) is 17.9 Å². The molecular weight excluding hydrogens is 334 g/mol. The first-order chi connectivity index (χ1) is 12.5. The fourth-order valence-electron chi connectivity index (χ4n) is 3.99. The van der Waals surface area contributed by atoms with Crippen LogP contribution in [0.4, 0.5) is 0 Å². The van der Waals surface area contributed by atoms with Gasteiger partial charge in [-0.2, -0.15) is 0 Å². The molecule has 1 amide bonds. The van der Waals surface area contributed by atoms with Gasteiger partial charge in [0.25, 0.3) is 5.91 Å². The zero-order valence-corrected chi connectivity index (χ0v) is 15.4. The molecule has 0 aromatic heterocycles. The number of benzene rings is 1. The summed E-state index contributed by atoms with van der Waals surface area (Å²) in [5.74, 6) is -0.302. The molecule has 142 valence electrons. The first-order valence-corrected chi connectivity index (χ1v) is 9.32. The summed E-state index contributed by atoms with van der Waals surface area (Å²) in [4.78, 5) is 25.8. The highest BCUT2D eigenvalue weighted by Crippen LogP contribution is 2.33. The number of amides is 1. The van der Waals surface area contributed by atoms with Crippen molar-refractivity contribution >= 4 is 11.9 Å². The molecule has 6 nitrogen and oxygen atoms in total. The second-order valence-corrected chi connectivity index (χ2v) is 7.31. The highest BCUT2D eigenvalue weighted by atomic mass is 16.5. The molecule has 26 heavy (non-hydrogen) atoms. The van der Waals surface area contributed by atoms with E-state index in [0.29, 0.717) is 31.9 Å². The number of aryl methyl sites for hydroxylation is 1. The maximum atomic E-state index is 12.7. The molecule has 2 aliphatic heterocycles. The zero-order valence-electron chi connectivity index (χ0n) is 15.4. The Morgan fingerprint density at radius 1 is 1.27 bits per heavy atom. The van der Waals surface area contributed by atoms with Crippen molar-refractivity contribution in [1.82, 2.24) is 4.90 Å². The average Bonchev–Trinajstić information content (AvgIpc) is 3.11. The molecule has 2 heterocycles. The van der Waals surface area contributed by atoms with E-state index in [4.69, 9.17) is 9.47 Å². The van der Waals surface area contributed by atoms with Crippen LogP contribution in [0.2, 0.25) is 0 Å². The number of hydrogen-bond acceptors (Lipinski definition) is 4. The summed E-state index contributed by atoms with van der Waals surface area (Å²) < 4.78 is 11.5. The Labute approximate surface area is 154 Å². The van der Waals surface area contributed by atoms with Crippen LogP contribution in [0.3, 0.4) is 0 Å². The normalized spacial score (nSPS) is 25.1. The molecule has 2 aliphatic rings. The van der Waals surface area contributed by atoms with Gasteiger partial charge in [0.15, 0.2) is 6.10 Å². The molecule has 2 unspecified atom stereocenters. The van der Waals surface area contributed by atoms with Crippen molar-refractivity contribution < 1.29 is 24.2 Å². The fourth-order valence-corrected chi connectivity index (χ4v) is 3.99. The Hall–Kier alpha value is -2.08. The number of nitrogens with zero attached hydrogens (tertiary/aromatic N) is 1. The minimum Gasteiger partial charge on any atom is -0.481 e. The number of ether oxygens (including phenoxy) is 2. The summed E-state index contributed by atoms with van der Waals surface area (Å²) in [5.41, 5.74) is 1.09. The number of carbonyl (C=O) groups is 2. The number of hydrogen-bond donors (Lipinski definition) is 1. The molecule has 6 heteroatoms. The van der Waals surface area contributed by atoms with Gasteiger partial charge in [-0.15, -0.1) is 0 Å². The van der Waals surface area contributed by atoms with Gasteiger partial charge in [-0.1, -0.05) is 12.1 Å². The van der Waals surface area contributed by atoms with Crippen molar-refractivity contribution in [2.45, 2.75) is 45.3 Å². The lowest BCUT2D eigenvalue weighted by atomic mass is 9.84. The summed E-state index contributed by atoms with van der Waals surface area (Å²) in [6, 6.07) is 7.67. The van der Waals surface area contributed by atoms with Crippen LogP contribution in [0.5, 0.6) is 5.75 Å². The molecule has 2 saturated heterocycles. The van der Waals surface area contributed by atoms with Gasteiger partial charge < -0.3 is 19.5 Å². The van der Waals surface area contributed by atoms with E-state index in [1.54, 1.807) is 6.92 Å². The Morgan fingerprint density at radius 3 is 2.65 bits per heavy atom. The van der Waals surface area contributed by atoms with Gasteiger partial charge >= 0.3 is 5.97 Å². The van der Waals surface area contributed by atoms with Gasteiger partial charge in [0.2, 0.25) is 0 Å². The van der Waals surface area contributed by atoms with Crippen molar-refractivity contribution in [3.05, 3.63) is 29.8 Å². The summed E-state index contributed by atoms with van der Waals surface area (Å²) >= 11 is 0. The number of carbonyl (C=O) groups excluding carboxylic acids is 1. The van der Waals surface area contributed by atoms with Crippen LogP contribution in [0.1, 0.15) is 31.7 Å². The van der Waals surface area contributed by atoms with Gasteiger partial charge in [0.1, 0.15) is 5.75 Å². The molecule has 0 bridgehead atoms. The third kappa shape index (κ3) is 4.18. The van der Waals surface area contributed by atoms with E-state index in [2.05, 4.69) is 0 Å². The molecule has 3 rings (SSSR count). The molecule has 0 aliphatic carbocycles. The first-order valence-electron chi connectivity index (χ1n) is 9.32. The zero-order chi connectivity index (χ0) is 18.7. The minimum absolute atomic E-state index is 0.0212. The summed E-state index contributed by atoms with van der Waals surface area (Å²) in [7, 11) is 0. The molecule has 1 N–H and O–H groups in total. The lowest BCUT2D eigenvalue weighted by molar-refractivity contribution is -0.146. The summed E-state index contributed by atoms with van der Waals surface area (Å²) in [5, 5.41) is 9.33. The predicted molar refractivity (Wildman–Crippen MR) is 96.1 cm³/mol. The van der Waals surface area contributed by atoms with Gasteiger partial charge in [-0.25, -0.2) is 0 Å². The molecule has 0 saturated carbocycles. The second-order valence-electron chi connectivity index (χ2n) is 7.31. The monoisotopic (exact) mass is 361 g/mol. The van der Waals surface area contributed by atoms with E-state index in [1.807, 2.05) is 36.1 Å². The number of rotatable bonds is 5. The van der Waals surface area contributed by atoms with Crippen molar-refractivity contribution in [2.75, 3.05) is 19.7 Å². The smallest absolute Gasteiger partial charge is 0.309 e. The molecule has 0 radical (unpaired) electrons. The maximum absolute atomic E-state index is 12.7. The van der Waals surface area contributed by atoms with Gasteiger partial charge in [0, 0.05) is 19.7 Å². The number of piperidine rings is 1. The van der Waals surface area contributed by atoms with Crippen LogP contribution in [-0.4, -0.2) is 53.8 Å². The molecule has 1 aromatic carbocycles. The van der Waals surface area contributed by atoms with Crippen LogP contribution in [-0.2, 0) is 14.3 Å². The summed E-state index contributed by atoms with van der Waals surface area (Å²) in [6.45, 7) is 5.52. The topological polar surface area (TPSA) is 76.1 Å². The third-order valence-corrected chi connectivity index (χ3v) is 5.42. The average molecular weight is 361 g/mol. The Kier molecular flexibility index (Phi) is 5.81. The van der Waals surface area contributed by atoms with Crippen molar-refractivity contribution in [3.8, 4) is 5.75 Å². The standard InChI is InChI=1S/C20H27NO5/c1-13-4-3-5-16(12-13)26-14(2)19(22)21-9-6-15(7-10-21)18-17(20(23)24)8-11-25-18/h3-5,12,14-15,17-18H,6-11H2,1-2H3,(H,23,24)/t14?,17?,18-/m0/s1. The van der Waals surface area contributed by atoms with Crippen LogP contribution in [0, 0.1) is 18.8 Å². The van der Waals surface area contributed by atoms with Crippen molar-refractivity contribution in [1.29, 1.82) is 0 Å². The third-order valence-electron chi connectivity index (χ3n) is 5.42. The molecule has 2 fully saturated rings. The van der Waals surface area contributed by atoms with Crippen molar-refractivity contribution in [3.63, 3.8) is 0 Å². The summed E-state index contributed by atoms with van der Waals surface area (Å²) in [6.07, 6.45) is 1.38. The quantitative estimate of drug-likeness (QED) is 0.872. The first kappa shape index (κ1) is 18.7. The number of carboxylic acid groups (broad SMARTS) is 1. The number of likely N-dealkylation sites (tertiary alicyclic amines) is 1. The fraction of sp³-hybridized carbons (Fsp3) is 0.600. The SMILES string of the molecule is Cc1cccc(OC(C)C(=O)N2CCC([C@@H]3OCCC3C(=O)O)CC2)c1. The van der Waals surface area contributed by atoms with Crippen LogP contribution in [0.25, 0.3) is 0 Å². The predicted octanol–water partition coefficient (Wildman–Crippen LogP) is 2.49. The molecular formula is C20H27NO5. The van der Waals surface area contributed by atoms with E-state index in [1.165, 1.54) is 0 Å². The number of carboxylic acids is 1. The Balaban J connectivity index is 1.52. The lowest BCUT2D eigenvalue weighted by Crippen LogP contribution is -2.47. The van der Waals surface area contributed by atoms with Gasteiger partial charge in [-0.3, -0.25) is 9.59 Å². The van der Waals surface area contributed by atoms with Gasteiger partial charge in [0.05, 0.1) is 12.0 Å². The van der Waals surface area contributed by atoms with Crippen LogP contribution in [0.15, 0.2) is 24.3 Å². The molecule has 0 spiro atoms. The Morgan fingerprint density at radius 2 is 2.00 bits per heavy atom. The highest BCUT2D eigenvalue weighted by molar-refractivity contribution is 5.81. The van der Waals surface area contributed by atoms with E-state index >= 15 is 0 Å². The van der Waals surface area contributed by atoms with E-state index in [9.17, 15) is 14.7 Å². The van der Waals surface area contributed by atoms with Crippen LogP contribution >= 0.6 is 0 Å². The van der Waals surface area contributed by atoms with Gasteiger partial charge in [-0.05, 0) is 56.7 Å². The lowest BCUT2D eigenvalue weighted by Gasteiger charge is -2.36. The maximum Gasteiger partial charge on any atom is 0.309 e. The number of aliphatic carboxylic acids is 1. The molecule has 3 atom stereocenters. The largest absolute Gasteiger partial charge is 0.481 e. The Bertz CT molecular complexity index is 653. The molecule has 1 aromatic rings. The highest BCUT2D eigenvalue weighted by Gasteiger charge is 2.41. The van der Waals surface area contributed by atoms with E-state index in [0.717, 1.165) is 18.4 Å². The van der Waals surface area contributed by atoms with E-state index < -0.39 is 18.0 Å². The van der Waals surface area contributed by atoms with Crippen molar-refractivity contribution in [2.24, 2.45) is 11.8 Å². The second kappa shape index (κ2) is 8.08. The minimum atomic E-state index is -0.772. The van der Waals surface area contributed by atoms with Crippen LogP contribution < -0.4 is 4.74 Å².